The van der Waals surface area contributed by atoms with Crippen LogP contribution in [0.2, 0.25) is 0 Å². The van der Waals surface area contributed by atoms with Crippen LogP contribution in [0, 0.1) is 0 Å². The Balaban J connectivity index is 4.31. The average molecular weight is 289 g/mol. The average Bonchev–Trinajstić information content (AvgIpc) is 2.28. The van der Waals surface area contributed by atoms with Crippen molar-refractivity contribution >= 4 is 35.2 Å². The molecule has 0 rings (SSSR count). The number of carbonyl (C=O) groups excluding carboxylic acids is 3. The molecular formula is C9H15GaO6. The first-order chi connectivity index (χ1) is 7.53. The van der Waals surface area contributed by atoms with Gasteiger partial charge in [0.25, 0.3) is 0 Å². The molecule has 0 heterocycles. The summed E-state index contributed by atoms with van der Waals surface area (Å²) in [5.41, 5.74) is 0. The predicted octanol–water partition coefficient (Wildman–Crippen LogP) is 0.831. The van der Waals surface area contributed by atoms with Crippen LogP contribution in [0.15, 0.2) is 0 Å². The van der Waals surface area contributed by atoms with Gasteiger partial charge in [0.1, 0.15) is 0 Å². The number of rotatable bonds is 6. The van der Waals surface area contributed by atoms with Crippen molar-refractivity contribution in [2.45, 2.75) is 40.0 Å². The summed E-state index contributed by atoms with van der Waals surface area (Å²) < 4.78 is 14.4. The van der Waals surface area contributed by atoms with Crippen LogP contribution in [0.1, 0.15) is 40.0 Å². The monoisotopic (exact) mass is 288 g/mol. The number of hydrogen-bond donors (Lipinski definition) is 0. The predicted molar refractivity (Wildman–Crippen MR) is 54.9 cm³/mol. The van der Waals surface area contributed by atoms with E-state index in [1.54, 1.807) is 20.8 Å². The molecule has 16 heavy (non-hydrogen) atoms. The zero-order chi connectivity index (χ0) is 12.6. The molecular weight excluding hydrogens is 274 g/mol. The standard InChI is InChI=1S/3C3H6O2.Ga/c3*1-2-3(4)5;/h3*2H2,1H3,(H,4,5);/q;;;+3/p-3. The molecule has 0 aromatic heterocycles. The van der Waals surface area contributed by atoms with Crippen LogP contribution < -0.4 is 0 Å². The van der Waals surface area contributed by atoms with Gasteiger partial charge in [-0.25, -0.2) is 0 Å². The molecule has 0 fully saturated rings. The van der Waals surface area contributed by atoms with Crippen LogP contribution in [0.5, 0.6) is 0 Å². The van der Waals surface area contributed by atoms with Crippen molar-refractivity contribution < 1.29 is 25.0 Å². The molecule has 6 nitrogen and oxygen atoms in total. The van der Waals surface area contributed by atoms with Gasteiger partial charge < -0.3 is 0 Å². The summed E-state index contributed by atoms with van der Waals surface area (Å²) in [7, 11) is 0. The van der Waals surface area contributed by atoms with E-state index in [1.807, 2.05) is 0 Å². The molecule has 7 heteroatoms. The fourth-order valence-electron chi connectivity index (χ4n) is 0.644. The fraction of sp³-hybridized carbons (Fsp3) is 0.667. The van der Waals surface area contributed by atoms with Crippen molar-refractivity contribution in [2.24, 2.45) is 0 Å². The number of carbonyl (C=O) groups is 3. The fourth-order valence-corrected chi connectivity index (χ4v) is 3.35. The van der Waals surface area contributed by atoms with Crippen molar-refractivity contribution in [1.29, 1.82) is 0 Å². The van der Waals surface area contributed by atoms with Gasteiger partial charge >= 0.3 is 100 Å². The van der Waals surface area contributed by atoms with Gasteiger partial charge in [0.2, 0.25) is 0 Å². The molecule has 0 unspecified atom stereocenters. The maximum atomic E-state index is 11.0. The molecule has 0 bridgehead atoms. The number of hydrogen-bond acceptors (Lipinski definition) is 6. The first kappa shape index (κ1) is 15.0. The molecule has 0 aromatic rings. The summed E-state index contributed by atoms with van der Waals surface area (Å²) in [6.45, 7) is 4.81. The van der Waals surface area contributed by atoms with E-state index < -0.39 is 35.2 Å². The summed E-state index contributed by atoms with van der Waals surface area (Å²) in [4.78, 5) is 33.0. The molecule has 0 saturated heterocycles. The summed E-state index contributed by atoms with van der Waals surface area (Å²) in [5.74, 6) is -1.59. The second kappa shape index (κ2) is 8.23. The molecule has 0 spiro atoms. The van der Waals surface area contributed by atoms with Crippen molar-refractivity contribution in [3.63, 3.8) is 0 Å². The van der Waals surface area contributed by atoms with Crippen molar-refractivity contribution in [2.75, 3.05) is 0 Å². The van der Waals surface area contributed by atoms with Crippen molar-refractivity contribution in [3.8, 4) is 0 Å². The first-order valence-corrected chi connectivity index (χ1v) is 8.08. The zero-order valence-corrected chi connectivity index (χ0v) is 12.1. The van der Waals surface area contributed by atoms with E-state index in [-0.39, 0.29) is 19.3 Å². The second-order valence-corrected chi connectivity index (χ2v) is 5.51. The SMILES string of the molecule is CCC(=O)[O][Ga]([O]C(=O)CC)[O]C(=O)CC. The Morgan fingerprint density at radius 1 is 0.750 bits per heavy atom. The third kappa shape index (κ3) is 6.52. The van der Waals surface area contributed by atoms with Gasteiger partial charge in [-0.1, -0.05) is 0 Å². The van der Waals surface area contributed by atoms with E-state index in [4.69, 9.17) is 10.6 Å². The Bertz CT molecular complexity index is 222. The molecule has 0 aliphatic rings. The Kier molecular flexibility index (Phi) is 7.74. The molecule has 0 aliphatic heterocycles. The van der Waals surface area contributed by atoms with Gasteiger partial charge in [-0.2, -0.15) is 0 Å². The molecule has 0 radical (unpaired) electrons. The van der Waals surface area contributed by atoms with Gasteiger partial charge in [-0.15, -0.1) is 0 Å². The normalized spacial score (nSPS) is 9.19. The van der Waals surface area contributed by atoms with Gasteiger partial charge in [0.05, 0.1) is 0 Å². The third-order valence-corrected chi connectivity index (χ3v) is 4.42. The van der Waals surface area contributed by atoms with Crippen LogP contribution in [0.25, 0.3) is 0 Å². The molecule has 0 saturated carbocycles. The van der Waals surface area contributed by atoms with E-state index in [0.717, 1.165) is 0 Å². The third-order valence-electron chi connectivity index (χ3n) is 1.55. The molecule has 0 atom stereocenters. The van der Waals surface area contributed by atoms with Gasteiger partial charge in [-0.3, -0.25) is 0 Å². The molecule has 0 aromatic carbocycles. The minimum atomic E-state index is -3.51. The van der Waals surface area contributed by atoms with Gasteiger partial charge in [0, 0.05) is 0 Å². The van der Waals surface area contributed by atoms with Crippen LogP contribution in [0.4, 0.5) is 0 Å². The van der Waals surface area contributed by atoms with Crippen LogP contribution in [-0.4, -0.2) is 35.2 Å². The Hall–Kier alpha value is -0.954. The van der Waals surface area contributed by atoms with Crippen LogP contribution in [0.3, 0.4) is 0 Å². The Labute approximate surface area is 101 Å². The Morgan fingerprint density at radius 2 is 1.00 bits per heavy atom. The van der Waals surface area contributed by atoms with E-state index in [9.17, 15) is 14.4 Å². The van der Waals surface area contributed by atoms with Crippen LogP contribution in [-0.2, 0) is 25.0 Å². The molecule has 0 N–H and O–H groups in total. The van der Waals surface area contributed by atoms with Crippen molar-refractivity contribution in [1.82, 2.24) is 0 Å². The maximum absolute atomic E-state index is 11.0. The van der Waals surface area contributed by atoms with Gasteiger partial charge in [0.15, 0.2) is 0 Å². The quantitative estimate of drug-likeness (QED) is 0.674. The zero-order valence-electron chi connectivity index (χ0n) is 9.65. The van der Waals surface area contributed by atoms with E-state index in [1.165, 1.54) is 0 Å². The summed E-state index contributed by atoms with van der Waals surface area (Å²) in [6, 6.07) is 0. The first-order valence-electron chi connectivity index (χ1n) is 5.11. The summed E-state index contributed by atoms with van der Waals surface area (Å²) in [5, 5.41) is 0. The van der Waals surface area contributed by atoms with E-state index in [0.29, 0.717) is 0 Å². The van der Waals surface area contributed by atoms with Crippen molar-refractivity contribution in [3.05, 3.63) is 0 Å². The van der Waals surface area contributed by atoms with Crippen LogP contribution >= 0.6 is 0 Å². The van der Waals surface area contributed by atoms with Gasteiger partial charge in [-0.05, 0) is 0 Å². The molecule has 0 aliphatic carbocycles. The van der Waals surface area contributed by atoms with E-state index in [2.05, 4.69) is 0 Å². The molecule has 90 valence electrons. The summed E-state index contributed by atoms with van der Waals surface area (Å²) >= 11 is -3.51. The van der Waals surface area contributed by atoms with E-state index >= 15 is 0 Å². The topological polar surface area (TPSA) is 78.9 Å². The molecule has 0 amide bonds. The summed E-state index contributed by atoms with van der Waals surface area (Å²) in [6.07, 6.45) is 0.444. The minimum absolute atomic E-state index is 0.148. The Morgan fingerprint density at radius 3 is 1.19 bits per heavy atom. The second-order valence-electron chi connectivity index (χ2n) is 2.82.